The van der Waals surface area contributed by atoms with Crippen LogP contribution >= 0.6 is 0 Å². The topological polar surface area (TPSA) is 102 Å². The summed E-state index contributed by atoms with van der Waals surface area (Å²) in [6, 6.07) is 6.93. The van der Waals surface area contributed by atoms with Crippen molar-refractivity contribution in [3.8, 4) is 5.75 Å². The maximum absolute atomic E-state index is 13.6. The quantitative estimate of drug-likeness (QED) is 0.667. The summed E-state index contributed by atoms with van der Waals surface area (Å²) in [5.74, 6) is 0.338. The summed E-state index contributed by atoms with van der Waals surface area (Å²) in [5, 5.41) is 10.3. The molecule has 9 nitrogen and oxygen atoms in total. The molecule has 0 aliphatic carbocycles. The van der Waals surface area contributed by atoms with Crippen LogP contribution in [0.1, 0.15) is 17.7 Å². The van der Waals surface area contributed by atoms with Gasteiger partial charge in [-0.1, -0.05) is 12.1 Å². The van der Waals surface area contributed by atoms with E-state index in [1.54, 1.807) is 19.6 Å². The third-order valence-electron chi connectivity index (χ3n) is 6.44. The molecule has 9 heteroatoms. The number of H-pyrrole nitrogens is 1. The number of hydrogen-bond acceptors (Lipinski definition) is 7. The smallest absolute Gasteiger partial charge is 0.252 e. The molecule has 0 bridgehead atoms. The number of piperazine rings is 1. The van der Waals surface area contributed by atoms with Crippen molar-refractivity contribution in [2.75, 3.05) is 26.7 Å². The van der Waals surface area contributed by atoms with E-state index in [4.69, 9.17) is 4.74 Å². The van der Waals surface area contributed by atoms with Gasteiger partial charge in [-0.05, 0) is 24.1 Å². The number of aliphatic hydroxyl groups excluding tert-OH is 1. The highest BCUT2D eigenvalue weighted by Gasteiger charge is 2.64. The van der Waals surface area contributed by atoms with Gasteiger partial charge in [-0.3, -0.25) is 24.3 Å². The average Bonchev–Trinajstić information content (AvgIpc) is 3.37. The first-order chi connectivity index (χ1) is 14.5. The fourth-order valence-corrected chi connectivity index (χ4v) is 4.97. The maximum atomic E-state index is 13.6. The van der Waals surface area contributed by atoms with Crippen molar-refractivity contribution < 1.29 is 19.4 Å². The Labute approximate surface area is 174 Å². The summed E-state index contributed by atoms with van der Waals surface area (Å²) >= 11 is 0. The van der Waals surface area contributed by atoms with E-state index in [9.17, 15) is 14.7 Å². The number of aromatic nitrogens is 2. The molecule has 3 saturated heterocycles. The summed E-state index contributed by atoms with van der Waals surface area (Å²) in [6.45, 7) is 2.31. The summed E-state index contributed by atoms with van der Waals surface area (Å²) in [5.41, 5.74) is 1.09. The minimum absolute atomic E-state index is 0.172. The molecule has 30 heavy (non-hydrogen) atoms. The van der Waals surface area contributed by atoms with E-state index in [0.29, 0.717) is 32.6 Å². The molecule has 3 fully saturated rings. The van der Waals surface area contributed by atoms with Crippen molar-refractivity contribution in [3.63, 3.8) is 0 Å². The minimum Gasteiger partial charge on any atom is -0.497 e. The van der Waals surface area contributed by atoms with Crippen molar-refractivity contribution in [2.45, 2.75) is 37.2 Å². The van der Waals surface area contributed by atoms with Crippen LogP contribution in [0.2, 0.25) is 0 Å². The zero-order valence-electron chi connectivity index (χ0n) is 16.8. The van der Waals surface area contributed by atoms with E-state index < -0.39 is 17.7 Å². The highest BCUT2D eigenvalue weighted by molar-refractivity contribution is 6.06. The average molecular weight is 411 g/mol. The molecule has 2 N–H and O–H groups in total. The third kappa shape index (κ3) is 3.01. The number of aromatic amines is 1. The predicted octanol–water partition coefficient (Wildman–Crippen LogP) is -0.0231. The number of rotatable bonds is 5. The fraction of sp³-hybridized carbons (Fsp3) is 0.476. The standard InChI is InChI=1S/C21H25N5O4/c1-30-17-4-2-14(3-5-17)8-25-19(28)18-6-16(27)10-26(18)21(20(25)29)11-24(12-21)9-15-7-22-13-23-15/h2-5,7,13,16,18,27H,6,8-12H2,1H3,(H,22,23). The van der Waals surface area contributed by atoms with Gasteiger partial charge in [0.15, 0.2) is 0 Å². The van der Waals surface area contributed by atoms with E-state index in [1.807, 2.05) is 29.2 Å². The first kappa shape index (κ1) is 19.2. The number of methoxy groups -OCH3 is 1. The van der Waals surface area contributed by atoms with Crippen LogP contribution in [0.15, 0.2) is 36.8 Å². The highest BCUT2D eigenvalue weighted by Crippen LogP contribution is 2.41. The number of aliphatic hydroxyl groups is 1. The normalized spacial score (nSPS) is 26.1. The van der Waals surface area contributed by atoms with Crippen LogP contribution in [-0.2, 0) is 22.7 Å². The van der Waals surface area contributed by atoms with Gasteiger partial charge in [0.2, 0.25) is 5.91 Å². The Bertz CT molecular complexity index is 939. The second-order valence-electron chi connectivity index (χ2n) is 8.39. The Morgan fingerprint density at radius 3 is 2.67 bits per heavy atom. The predicted molar refractivity (Wildman–Crippen MR) is 106 cm³/mol. The van der Waals surface area contributed by atoms with Gasteiger partial charge in [0.1, 0.15) is 11.3 Å². The molecule has 1 aromatic carbocycles. The van der Waals surface area contributed by atoms with Gasteiger partial charge >= 0.3 is 0 Å². The zero-order valence-corrected chi connectivity index (χ0v) is 16.8. The van der Waals surface area contributed by atoms with E-state index in [2.05, 4.69) is 14.9 Å². The number of likely N-dealkylation sites (tertiary alicyclic amines) is 1. The second kappa shape index (κ2) is 7.19. The molecule has 3 aliphatic rings. The first-order valence-corrected chi connectivity index (χ1v) is 10.1. The number of fused-ring (bicyclic) bond motifs is 2. The van der Waals surface area contributed by atoms with Crippen LogP contribution in [-0.4, -0.2) is 86.0 Å². The lowest BCUT2D eigenvalue weighted by atomic mass is 9.82. The van der Waals surface area contributed by atoms with Gasteiger partial charge < -0.3 is 14.8 Å². The van der Waals surface area contributed by atoms with Crippen molar-refractivity contribution >= 4 is 11.8 Å². The molecule has 2 atom stereocenters. The number of imide groups is 1. The maximum Gasteiger partial charge on any atom is 0.252 e. The largest absolute Gasteiger partial charge is 0.497 e. The zero-order chi connectivity index (χ0) is 20.9. The van der Waals surface area contributed by atoms with Crippen molar-refractivity contribution in [1.82, 2.24) is 24.7 Å². The van der Waals surface area contributed by atoms with E-state index in [-0.39, 0.29) is 18.4 Å². The molecule has 1 aromatic heterocycles. The SMILES string of the molecule is COc1ccc(CN2C(=O)C3CC(O)CN3C3(CN(Cc4cnc[nH]4)C3)C2=O)cc1. The van der Waals surface area contributed by atoms with E-state index in [1.165, 1.54) is 4.90 Å². The molecule has 2 aromatic rings. The number of hydrogen-bond donors (Lipinski definition) is 2. The number of benzene rings is 1. The summed E-state index contributed by atoms with van der Waals surface area (Å²) in [6.07, 6.45) is 3.19. The van der Waals surface area contributed by atoms with Gasteiger partial charge in [-0.25, -0.2) is 4.98 Å². The molecule has 2 unspecified atom stereocenters. The first-order valence-electron chi connectivity index (χ1n) is 10.1. The molecule has 158 valence electrons. The van der Waals surface area contributed by atoms with Crippen LogP contribution in [0.5, 0.6) is 5.75 Å². The molecular weight excluding hydrogens is 386 g/mol. The second-order valence-corrected chi connectivity index (χ2v) is 8.39. The van der Waals surface area contributed by atoms with E-state index in [0.717, 1.165) is 17.0 Å². The minimum atomic E-state index is -0.761. The Balaban J connectivity index is 1.39. The Kier molecular flexibility index (Phi) is 4.61. The molecule has 0 radical (unpaired) electrons. The van der Waals surface area contributed by atoms with E-state index >= 15 is 0 Å². The lowest BCUT2D eigenvalue weighted by Crippen LogP contribution is -2.81. The molecule has 1 spiro atoms. The monoisotopic (exact) mass is 411 g/mol. The van der Waals surface area contributed by atoms with Crippen LogP contribution in [0.4, 0.5) is 0 Å². The number of nitrogens with one attached hydrogen (secondary N) is 1. The van der Waals surface area contributed by atoms with Gasteiger partial charge in [-0.15, -0.1) is 0 Å². The van der Waals surface area contributed by atoms with Crippen molar-refractivity contribution in [1.29, 1.82) is 0 Å². The van der Waals surface area contributed by atoms with Gasteiger partial charge in [0.05, 0.1) is 32.1 Å². The third-order valence-corrected chi connectivity index (χ3v) is 6.44. The Hall–Kier alpha value is -2.75. The molecule has 3 aliphatic heterocycles. The fourth-order valence-electron chi connectivity index (χ4n) is 4.97. The lowest BCUT2D eigenvalue weighted by molar-refractivity contribution is -0.181. The number of carbonyl (C=O) groups excluding carboxylic acids is 2. The molecule has 2 amide bonds. The number of amides is 2. The van der Waals surface area contributed by atoms with Crippen molar-refractivity contribution in [3.05, 3.63) is 48.0 Å². The van der Waals surface area contributed by atoms with Crippen molar-refractivity contribution in [2.24, 2.45) is 0 Å². The number of imidazole rings is 1. The van der Waals surface area contributed by atoms with Crippen LogP contribution in [0.25, 0.3) is 0 Å². The van der Waals surface area contributed by atoms with Crippen LogP contribution in [0.3, 0.4) is 0 Å². The summed E-state index contributed by atoms with van der Waals surface area (Å²) in [4.78, 5) is 39.3. The number of β-amino-alcohol motifs (C(OH)–C–C–N with tert-alkyl or cyclic N) is 1. The van der Waals surface area contributed by atoms with Gasteiger partial charge in [0.25, 0.3) is 5.91 Å². The Morgan fingerprint density at radius 2 is 2.00 bits per heavy atom. The number of carbonyl (C=O) groups is 2. The summed E-state index contributed by atoms with van der Waals surface area (Å²) in [7, 11) is 1.60. The molecular formula is C21H25N5O4. The Morgan fingerprint density at radius 1 is 1.23 bits per heavy atom. The molecule has 0 saturated carbocycles. The van der Waals surface area contributed by atoms with Crippen LogP contribution in [0, 0.1) is 0 Å². The lowest BCUT2D eigenvalue weighted by Gasteiger charge is -2.58. The van der Waals surface area contributed by atoms with Crippen LogP contribution < -0.4 is 4.74 Å². The van der Waals surface area contributed by atoms with Gasteiger partial charge in [-0.2, -0.15) is 0 Å². The summed E-state index contributed by atoms with van der Waals surface area (Å²) < 4.78 is 5.19. The number of ether oxygens (including phenoxy) is 1. The van der Waals surface area contributed by atoms with Gasteiger partial charge in [0, 0.05) is 38.1 Å². The highest BCUT2D eigenvalue weighted by atomic mass is 16.5. The molecule has 4 heterocycles. The molecule has 5 rings (SSSR count). The number of nitrogens with zero attached hydrogens (tertiary/aromatic N) is 4.